The van der Waals surface area contributed by atoms with E-state index in [0.29, 0.717) is 0 Å². The highest BCUT2D eigenvalue weighted by atomic mass is 15.1. The molecule has 1 heterocycles. The number of likely N-dealkylation sites (tertiary alicyclic amines) is 1. The fraction of sp³-hybridized carbons (Fsp3) is 0.684. The molecule has 0 spiro atoms. The minimum absolute atomic E-state index is 0.222. The van der Waals surface area contributed by atoms with Crippen LogP contribution in [0.1, 0.15) is 59.1 Å². The summed E-state index contributed by atoms with van der Waals surface area (Å²) in [7, 11) is 2.25. The molecular formula is C19H31N. The van der Waals surface area contributed by atoms with Gasteiger partial charge >= 0.3 is 0 Å². The third-order valence-electron chi connectivity index (χ3n) is 5.18. The van der Waals surface area contributed by atoms with Gasteiger partial charge in [-0.15, -0.1) is 0 Å². The lowest BCUT2D eigenvalue weighted by Crippen LogP contribution is -2.42. The van der Waals surface area contributed by atoms with Gasteiger partial charge in [0.05, 0.1) is 0 Å². The minimum atomic E-state index is 0.222. The summed E-state index contributed by atoms with van der Waals surface area (Å²) in [6, 6.07) is 9.34. The lowest BCUT2D eigenvalue weighted by atomic mass is 9.61. The van der Waals surface area contributed by atoms with Crippen molar-refractivity contribution in [2.45, 2.75) is 58.8 Å². The van der Waals surface area contributed by atoms with Crippen LogP contribution >= 0.6 is 0 Å². The summed E-state index contributed by atoms with van der Waals surface area (Å²) in [5.74, 6) is 0. The van der Waals surface area contributed by atoms with E-state index >= 15 is 0 Å². The first-order valence-corrected chi connectivity index (χ1v) is 7.86. The maximum Gasteiger partial charge on any atom is 0.0141 e. The Kier molecular flexibility index (Phi) is 3.79. The lowest BCUT2D eigenvalue weighted by molar-refractivity contribution is 0.186. The minimum Gasteiger partial charge on any atom is -0.305 e. The summed E-state index contributed by atoms with van der Waals surface area (Å²) in [6.45, 7) is 16.5. The normalized spacial score (nSPS) is 25.1. The third-order valence-corrected chi connectivity index (χ3v) is 5.18. The van der Waals surface area contributed by atoms with Crippen LogP contribution in [0.5, 0.6) is 0 Å². The Morgan fingerprint density at radius 2 is 1.70 bits per heavy atom. The van der Waals surface area contributed by atoms with Crippen molar-refractivity contribution < 1.29 is 0 Å². The Morgan fingerprint density at radius 1 is 1.05 bits per heavy atom. The van der Waals surface area contributed by atoms with Gasteiger partial charge in [-0.25, -0.2) is 0 Å². The van der Waals surface area contributed by atoms with Crippen LogP contribution in [0.3, 0.4) is 0 Å². The maximum absolute atomic E-state index is 2.48. The van der Waals surface area contributed by atoms with Crippen molar-refractivity contribution in [2.75, 3.05) is 20.1 Å². The van der Waals surface area contributed by atoms with Gasteiger partial charge in [-0.3, -0.25) is 0 Å². The quantitative estimate of drug-likeness (QED) is 0.722. The van der Waals surface area contributed by atoms with Crippen LogP contribution in [0, 0.1) is 5.41 Å². The lowest BCUT2D eigenvalue weighted by Gasteiger charge is -2.43. The van der Waals surface area contributed by atoms with E-state index in [9.17, 15) is 0 Å². The van der Waals surface area contributed by atoms with Gasteiger partial charge in [-0.1, -0.05) is 65.8 Å². The molecule has 1 aliphatic rings. The van der Waals surface area contributed by atoms with E-state index in [-0.39, 0.29) is 16.2 Å². The van der Waals surface area contributed by atoms with Crippen LogP contribution in [0.4, 0.5) is 0 Å². The van der Waals surface area contributed by atoms with Crippen molar-refractivity contribution in [1.29, 1.82) is 0 Å². The van der Waals surface area contributed by atoms with Crippen molar-refractivity contribution in [3.8, 4) is 0 Å². The van der Waals surface area contributed by atoms with E-state index in [4.69, 9.17) is 0 Å². The number of hydrogen-bond donors (Lipinski definition) is 0. The topological polar surface area (TPSA) is 3.24 Å². The maximum atomic E-state index is 2.48. The number of hydrogen-bond acceptors (Lipinski definition) is 1. The van der Waals surface area contributed by atoms with Crippen molar-refractivity contribution in [1.82, 2.24) is 4.90 Å². The van der Waals surface area contributed by atoms with E-state index in [0.717, 1.165) is 0 Å². The van der Waals surface area contributed by atoms with E-state index in [1.807, 2.05) is 0 Å². The average Bonchev–Trinajstić information content (AvgIpc) is 2.71. The van der Waals surface area contributed by atoms with Gasteiger partial charge < -0.3 is 4.90 Å². The second-order valence-corrected chi connectivity index (χ2v) is 8.65. The monoisotopic (exact) mass is 273 g/mol. The Morgan fingerprint density at radius 3 is 2.15 bits per heavy atom. The van der Waals surface area contributed by atoms with Gasteiger partial charge in [0.2, 0.25) is 0 Å². The first kappa shape index (κ1) is 15.6. The molecule has 0 saturated carbocycles. The predicted octanol–water partition coefficient (Wildman–Crippen LogP) is 4.60. The summed E-state index contributed by atoms with van der Waals surface area (Å²) in [5.41, 5.74) is 3.77. The zero-order valence-electron chi connectivity index (χ0n) is 14.4. The van der Waals surface area contributed by atoms with E-state index in [1.165, 1.54) is 30.6 Å². The Labute approximate surface area is 125 Å². The Balaban J connectivity index is 2.51. The molecule has 0 bridgehead atoms. The van der Waals surface area contributed by atoms with E-state index in [1.54, 1.807) is 0 Å². The molecule has 112 valence electrons. The molecule has 0 N–H and O–H groups in total. The molecule has 1 aromatic rings. The molecule has 0 radical (unpaired) electrons. The molecule has 0 amide bonds. The van der Waals surface area contributed by atoms with E-state index < -0.39 is 0 Å². The number of rotatable bonds is 1. The summed E-state index contributed by atoms with van der Waals surface area (Å²) in [4.78, 5) is 2.48. The molecular weight excluding hydrogens is 242 g/mol. The SMILES string of the molecule is CN1CCC(c2cccc(C(C)(C)C)c2)(C(C)(C)C)C1. The molecule has 1 aromatic carbocycles. The molecule has 1 aliphatic heterocycles. The van der Waals surface area contributed by atoms with Crippen LogP contribution in [-0.2, 0) is 10.8 Å². The van der Waals surface area contributed by atoms with Gasteiger partial charge in [0, 0.05) is 12.0 Å². The molecule has 1 heteroatoms. The summed E-state index contributed by atoms with van der Waals surface area (Å²) in [5, 5.41) is 0. The second-order valence-electron chi connectivity index (χ2n) is 8.65. The van der Waals surface area contributed by atoms with Crippen molar-refractivity contribution in [3.05, 3.63) is 35.4 Å². The highest BCUT2D eigenvalue weighted by Crippen LogP contribution is 2.48. The molecule has 1 unspecified atom stereocenters. The highest BCUT2D eigenvalue weighted by Gasteiger charge is 2.47. The summed E-state index contributed by atoms with van der Waals surface area (Å²) in [6.07, 6.45) is 1.26. The summed E-state index contributed by atoms with van der Waals surface area (Å²) < 4.78 is 0. The van der Waals surface area contributed by atoms with Gasteiger partial charge in [0.25, 0.3) is 0 Å². The van der Waals surface area contributed by atoms with Crippen molar-refractivity contribution >= 4 is 0 Å². The van der Waals surface area contributed by atoms with Crippen molar-refractivity contribution in [2.24, 2.45) is 5.41 Å². The van der Waals surface area contributed by atoms with Crippen LogP contribution in [0.25, 0.3) is 0 Å². The van der Waals surface area contributed by atoms with E-state index in [2.05, 4.69) is 77.8 Å². The largest absolute Gasteiger partial charge is 0.305 e. The number of likely N-dealkylation sites (N-methyl/N-ethyl adjacent to an activating group) is 1. The molecule has 2 rings (SSSR count). The fourth-order valence-corrected chi connectivity index (χ4v) is 3.56. The predicted molar refractivity (Wildman–Crippen MR) is 88.4 cm³/mol. The first-order valence-electron chi connectivity index (χ1n) is 7.86. The standard InChI is InChI=1S/C19H31N/c1-17(2,3)15-9-8-10-16(13-15)19(18(4,5)6)11-12-20(7)14-19/h8-10,13H,11-12,14H2,1-7H3. The first-order chi connectivity index (χ1) is 9.06. The van der Waals surface area contributed by atoms with Crippen LogP contribution < -0.4 is 0 Å². The van der Waals surface area contributed by atoms with Gasteiger partial charge in [-0.05, 0) is 42.0 Å². The smallest absolute Gasteiger partial charge is 0.0141 e. The molecule has 1 nitrogen and oxygen atoms in total. The zero-order chi connectivity index (χ0) is 15.2. The average molecular weight is 273 g/mol. The van der Waals surface area contributed by atoms with Gasteiger partial charge in [0.15, 0.2) is 0 Å². The molecule has 1 saturated heterocycles. The van der Waals surface area contributed by atoms with Gasteiger partial charge in [-0.2, -0.15) is 0 Å². The molecule has 0 aliphatic carbocycles. The fourth-order valence-electron chi connectivity index (χ4n) is 3.56. The second kappa shape index (κ2) is 4.87. The number of nitrogens with zero attached hydrogens (tertiary/aromatic N) is 1. The Bertz CT molecular complexity index is 475. The number of benzene rings is 1. The van der Waals surface area contributed by atoms with Crippen molar-refractivity contribution in [3.63, 3.8) is 0 Å². The van der Waals surface area contributed by atoms with Gasteiger partial charge in [0.1, 0.15) is 0 Å². The van der Waals surface area contributed by atoms with Crippen LogP contribution in [0.15, 0.2) is 24.3 Å². The highest BCUT2D eigenvalue weighted by molar-refractivity contribution is 5.36. The Hall–Kier alpha value is -0.820. The third kappa shape index (κ3) is 2.65. The molecule has 1 atom stereocenters. The molecule has 1 fully saturated rings. The zero-order valence-corrected chi connectivity index (χ0v) is 14.4. The summed E-state index contributed by atoms with van der Waals surface area (Å²) >= 11 is 0. The van der Waals surface area contributed by atoms with Crippen LogP contribution in [0.2, 0.25) is 0 Å². The molecule has 20 heavy (non-hydrogen) atoms. The molecule has 0 aromatic heterocycles. The van der Waals surface area contributed by atoms with Crippen LogP contribution in [-0.4, -0.2) is 25.0 Å².